The van der Waals surface area contributed by atoms with Crippen molar-refractivity contribution in [2.45, 2.75) is 70.4 Å². The van der Waals surface area contributed by atoms with Crippen LogP contribution in [0.3, 0.4) is 0 Å². The Morgan fingerprint density at radius 2 is 2.13 bits per heavy atom. The highest BCUT2D eigenvalue weighted by molar-refractivity contribution is 5.23. The largest absolute Gasteiger partial charge is 0.387 e. The van der Waals surface area contributed by atoms with Gasteiger partial charge in [0, 0.05) is 7.11 Å². The maximum absolute atomic E-state index is 10.9. The minimum absolute atomic E-state index is 0.343. The molecule has 3 fully saturated rings. The number of nitrogens with zero attached hydrogens (tertiary/aromatic N) is 4. The summed E-state index contributed by atoms with van der Waals surface area (Å²) in [4.78, 5) is 1.67. The van der Waals surface area contributed by atoms with Crippen LogP contribution in [0, 0.1) is 35.0 Å². The zero-order valence-electron chi connectivity index (χ0n) is 18.5. The molecule has 4 aliphatic rings. The summed E-state index contributed by atoms with van der Waals surface area (Å²) in [5.41, 5.74) is 2.47. The summed E-state index contributed by atoms with van der Waals surface area (Å²) in [5, 5.41) is 23.0. The number of rotatable bonds is 5. The van der Waals surface area contributed by atoms with Gasteiger partial charge in [0.25, 0.3) is 0 Å². The fraction of sp³-hybridized carbons (Fsp3) is 0.792. The van der Waals surface area contributed by atoms with Gasteiger partial charge in [0.05, 0.1) is 18.8 Å². The summed E-state index contributed by atoms with van der Waals surface area (Å²) < 4.78 is 5.31. The quantitative estimate of drug-likeness (QED) is 0.745. The first kappa shape index (κ1) is 20.4. The third-order valence-electron chi connectivity index (χ3n) is 9.23. The minimum Gasteiger partial charge on any atom is -0.387 e. The van der Waals surface area contributed by atoms with E-state index >= 15 is 0 Å². The molecule has 7 atom stereocenters. The predicted octanol–water partition coefficient (Wildman–Crippen LogP) is 3.80. The molecule has 0 aliphatic heterocycles. The molecule has 3 saturated carbocycles. The molecule has 164 valence electrons. The summed E-state index contributed by atoms with van der Waals surface area (Å²) in [6, 6.07) is 0. The maximum atomic E-state index is 10.9. The highest BCUT2D eigenvalue weighted by Gasteiger charge is 2.56. The van der Waals surface area contributed by atoms with Crippen molar-refractivity contribution in [3.05, 3.63) is 30.1 Å². The summed E-state index contributed by atoms with van der Waals surface area (Å²) in [6.07, 6.45) is 13.1. The lowest BCUT2D eigenvalue weighted by Crippen LogP contribution is -2.48. The van der Waals surface area contributed by atoms with E-state index in [2.05, 4.69) is 35.0 Å². The van der Waals surface area contributed by atoms with Crippen molar-refractivity contribution in [1.29, 1.82) is 0 Å². The van der Waals surface area contributed by atoms with Crippen LogP contribution < -0.4 is 0 Å². The van der Waals surface area contributed by atoms with Crippen LogP contribution >= 0.6 is 0 Å². The van der Waals surface area contributed by atoms with Crippen molar-refractivity contribution in [2.24, 2.45) is 35.0 Å². The second-order valence-electron chi connectivity index (χ2n) is 10.7. The lowest BCUT2D eigenvalue weighted by Gasteiger charge is -2.54. The number of hydrogen-bond acceptors (Lipinski definition) is 5. The normalized spacial score (nSPS) is 42.8. The molecule has 0 radical (unpaired) electrons. The molecular formula is C24H36N4O2. The molecule has 0 bridgehead atoms. The van der Waals surface area contributed by atoms with E-state index in [1.807, 2.05) is 0 Å². The molecule has 0 saturated heterocycles. The maximum Gasteiger partial charge on any atom is 0.162 e. The van der Waals surface area contributed by atoms with Crippen LogP contribution in [-0.4, -0.2) is 44.6 Å². The second kappa shape index (κ2) is 7.56. The summed E-state index contributed by atoms with van der Waals surface area (Å²) >= 11 is 0. The number of methoxy groups -OCH3 is 1. The third kappa shape index (κ3) is 3.27. The fourth-order valence-electron chi connectivity index (χ4n) is 7.98. The molecule has 0 aromatic carbocycles. The average Bonchev–Trinajstić information content (AvgIpc) is 3.34. The number of aromatic nitrogens is 4. The number of fused-ring (bicyclic) bond motifs is 5. The Labute approximate surface area is 179 Å². The molecule has 6 nitrogen and oxygen atoms in total. The molecule has 1 aromatic rings. The number of tetrazole rings is 1. The van der Waals surface area contributed by atoms with E-state index in [4.69, 9.17) is 4.74 Å². The fourth-order valence-corrected chi connectivity index (χ4v) is 7.98. The first-order valence-corrected chi connectivity index (χ1v) is 11.7. The first-order valence-electron chi connectivity index (χ1n) is 11.7. The van der Waals surface area contributed by atoms with Gasteiger partial charge in [-0.05, 0) is 91.6 Å². The van der Waals surface area contributed by atoms with Crippen molar-refractivity contribution in [2.75, 3.05) is 13.7 Å². The minimum atomic E-state index is -0.654. The molecule has 1 heterocycles. The predicted molar refractivity (Wildman–Crippen MR) is 114 cm³/mol. The number of ether oxygens (including phenoxy) is 1. The third-order valence-corrected chi connectivity index (χ3v) is 9.23. The number of hydrogen-bond donors (Lipinski definition) is 1. The zero-order chi connectivity index (χ0) is 20.9. The van der Waals surface area contributed by atoms with Crippen molar-refractivity contribution in [3.63, 3.8) is 0 Å². The smallest absolute Gasteiger partial charge is 0.162 e. The van der Waals surface area contributed by atoms with E-state index < -0.39 is 5.60 Å². The number of allylic oxidation sites excluding steroid dienone is 2. The van der Waals surface area contributed by atoms with Gasteiger partial charge in [-0.3, -0.25) is 0 Å². The van der Waals surface area contributed by atoms with Crippen molar-refractivity contribution in [3.8, 4) is 0 Å². The van der Waals surface area contributed by atoms with E-state index in [9.17, 15) is 5.11 Å². The van der Waals surface area contributed by atoms with Gasteiger partial charge < -0.3 is 9.84 Å². The van der Waals surface area contributed by atoms with E-state index in [0.717, 1.165) is 37.0 Å². The summed E-state index contributed by atoms with van der Waals surface area (Å²) in [6.45, 7) is 8.14. The molecule has 0 spiro atoms. The standard InChI is InChI=1S/C24H36N4O2/c1-16(13-28-26-15-25-27-28)21-6-7-22-20-5-4-17-12-24(29,14-30-3)11-9-18(17)19(20)8-10-23(21,22)2/h4,15,18-22,29H,1,5-14H2,2-3H3/t18-,19+,20+,21+,22-,23+,24-/m0/s1. The van der Waals surface area contributed by atoms with Crippen molar-refractivity contribution < 1.29 is 9.84 Å². The molecule has 0 amide bonds. The Hall–Kier alpha value is -1.53. The van der Waals surface area contributed by atoms with Gasteiger partial charge in [-0.1, -0.05) is 30.7 Å². The Bertz CT molecular complexity index is 821. The van der Waals surface area contributed by atoms with Crippen molar-refractivity contribution >= 4 is 0 Å². The lowest BCUT2D eigenvalue weighted by atomic mass is 9.51. The van der Waals surface area contributed by atoms with Crippen LogP contribution in [0.2, 0.25) is 0 Å². The zero-order valence-corrected chi connectivity index (χ0v) is 18.5. The Morgan fingerprint density at radius 1 is 1.27 bits per heavy atom. The van der Waals surface area contributed by atoms with E-state index in [0.29, 0.717) is 30.4 Å². The molecule has 6 heteroatoms. The van der Waals surface area contributed by atoms with Gasteiger partial charge in [0.1, 0.15) is 0 Å². The molecule has 0 unspecified atom stereocenters. The van der Waals surface area contributed by atoms with Crippen LogP contribution in [0.15, 0.2) is 30.1 Å². The van der Waals surface area contributed by atoms with Crippen LogP contribution in [-0.2, 0) is 11.3 Å². The van der Waals surface area contributed by atoms with Crippen LogP contribution in [0.1, 0.15) is 58.3 Å². The highest BCUT2D eigenvalue weighted by Crippen LogP contribution is 2.64. The van der Waals surface area contributed by atoms with E-state index in [-0.39, 0.29) is 0 Å². The second-order valence-corrected chi connectivity index (χ2v) is 10.7. The van der Waals surface area contributed by atoms with Crippen LogP contribution in [0.4, 0.5) is 0 Å². The summed E-state index contributed by atoms with van der Waals surface area (Å²) in [7, 11) is 1.70. The molecule has 1 N–H and O–H groups in total. The Balaban J connectivity index is 1.33. The molecular weight excluding hydrogens is 376 g/mol. The molecule has 5 rings (SSSR count). The summed E-state index contributed by atoms with van der Waals surface area (Å²) in [5.74, 6) is 3.58. The van der Waals surface area contributed by atoms with Gasteiger partial charge in [-0.2, -0.15) is 4.80 Å². The van der Waals surface area contributed by atoms with Crippen LogP contribution in [0.25, 0.3) is 0 Å². The van der Waals surface area contributed by atoms with Gasteiger partial charge in [0.2, 0.25) is 0 Å². The monoisotopic (exact) mass is 412 g/mol. The Morgan fingerprint density at radius 3 is 2.90 bits per heavy atom. The molecule has 4 aliphatic carbocycles. The van der Waals surface area contributed by atoms with Gasteiger partial charge in [-0.15, -0.1) is 10.2 Å². The van der Waals surface area contributed by atoms with E-state index in [1.54, 1.807) is 11.9 Å². The lowest BCUT2D eigenvalue weighted by molar-refractivity contribution is -0.0676. The van der Waals surface area contributed by atoms with E-state index in [1.165, 1.54) is 49.6 Å². The highest BCUT2D eigenvalue weighted by atomic mass is 16.5. The average molecular weight is 413 g/mol. The molecule has 1 aromatic heterocycles. The van der Waals surface area contributed by atoms with Gasteiger partial charge >= 0.3 is 0 Å². The first-order chi connectivity index (χ1) is 14.4. The van der Waals surface area contributed by atoms with Crippen LogP contribution in [0.5, 0.6) is 0 Å². The van der Waals surface area contributed by atoms with Gasteiger partial charge in [0.15, 0.2) is 6.33 Å². The Kier molecular flexibility index (Phi) is 5.13. The molecule has 30 heavy (non-hydrogen) atoms. The topological polar surface area (TPSA) is 73.1 Å². The number of aliphatic hydroxyl groups is 1. The van der Waals surface area contributed by atoms with Crippen molar-refractivity contribution in [1.82, 2.24) is 20.2 Å². The SMILES string of the molecule is C=C(Cn1ncnn1)[C@H]1CC[C@H]2[C@@H]3CC=C4C[C@](O)(COC)CC[C@@H]4[C@H]3CC[C@]12C. The van der Waals surface area contributed by atoms with Gasteiger partial charge in [-0.25, -0.2) is 0 Å².